The minimum atomic E-state index is -1.16. The van der Waals surface area contributed by atoms with Crippen molar-refractivity contribution < 1.29 is 4.55 Å². The number of nitrogens with zero attached hydrogens (tertiary/aromatic N) is 1. The fourth-order valence-corrected chi connectivity index (χ4v) is 2.22. The second-order valence-corrected chi connectivity index (χ2v) is 3.83. The molecule has 0 amide bonds. The average Bonchev–Trinajstić information content (AvgIpc) is 2.29. The highest BCUT2D eigenvalue weighted by Gasteiger charge is 2.16. The fourth-order valence-electron chi connectivity index (χ4n) is 1.28. The summed E-state index contributed by atoms with van der Waals surface area (Å²) >= 11 is -1.16. The van der Waals surface area contributed by atoms with Crippen molar-refractivity contribution in [2.45, 2.75) is 17.7 Å². The van der Waals surface area contributed by atoms with Gasteiger partial charge in [0, 0.05) is 5.56 Å². The fraction of sp³-hybridized carbons (Fsp3) is 0.222. The zero-order chi connectivity index (χ0) is 8.39. The van der Waals surface area contributed by atoms with E-state index < -0.39 is 11.4 Å². The minimum absolute atomic E-state index is 0.867. The molecule has 1 aromatic carbocycles. The number of hydrogen-bond donors (Lipinski definition) is 0. The maximum atomic E-state index is 11.4. The molecular weight excluding hydrogens is 170 g/mol. The molecule has 0 aliphatic carbocycles. The van der Waals surface area contributed by atoms with Crippen LogP contribution in [0.2, 0.25) is 0 Å². The normalized spacial score (nSPS) is 21.6. The Morgan fingerprint density at radius 1 is 1.33 bits per heavy atom. The Labute approximate surface area is 74.6 Å². The topological polar surface area (TPSA) is 35.4 Å². The van der Waals surface area contributed by atoms with E-state index in [-0.39, 0.29) is 0 Å². The predicted molar refractivity (Wildman–Crippen MR) is 49.7 cm³/mol. The molecule has 62 valence electrons. The van der Waals surface area contributed by atoms with Gasteiger partial charge in [0.1, 0.15) is 11.4 Å². The zero-order valence-corrected chi connectivity index (χ0v) is 7.38. The summed E-state index contributed by atoms with van der Waals surface area (Å²) in [6.45, 7) is 0. The van der Waals surface area contributed by atoms with Gasteiger partial charge in [-0.15, -0.1) is 0 Å². The molecule has 1 unspecified atom stereocenters. The molecule has 1 aliphatic heterocycles. The van der Waals surface area contributed by atoms with E-state index in [1.807, 2.05) is 24.3 Å². The van der Waals surface area contributed by atoms with Gasteiger partial charge in [-0.1, -0.05) is 22.6 Å². The van der Waals surface area contributed by atoms with Crippen LogP contribution in [-0.4, -0.2) is 10.8 Å². The lowest BCUT2D eigenvalue weighted by Gasteiger charge is -2.03. The highest BCUT2D eigenvalue weighted by atomic mass is 32.2. The van der Waals surface area contributed by atoms with Crippen LogP contribution in [0.3, 0.4) is 0 Å². The van der Waals surface area contributed by atoms with Crippen LogP contribution in [0.25, 0.3) is 0 Å². The summed E-state index contributed by atoms with van der Waals surface area (Å²) in [6.07, 6.45) is 3.59. The largest absolute Gasteiger partial charge is 0.586 e. The number of fused-ring (bicyclic) bond motifs is 1. The van der Waals surface area contributed by atoms with Gasteiger partial charge < -0.3 is 4.55 Å². The van der Waals surface area contributed by atoms with Gasteiger partial charge in [0.15, 0.2) is 4.90 Å². The van der Waals surface area contributed by atoms with Crippen LogP contribution in [0.1, 0.15) is 12.0 Å². The molecule has 2 nitrogen and oxygen atoms in total. The summed E-state index contributed by atoms with van der Waals surface area (Å²) < 4.78 is 15.3. The first-order chi connectivity index (χ1) is 5.88. The Hall–Kier alpha value is -0.800. The van der Waals surface area contributed by atoms with Gasteiger partial charge in [-0.2, -0.15) is 0 Å². The second-order valence-electron chi connectivity index (χ2n) is 2.68. The SMILES string of the molecule is [O-][S+]1N=CCCc2ccccc21. The van der Waals surface area contributed by atoms with Crippen molar-refractivity contribution in [2.24, 2.45) is 4.40 Å². The highest BCUT2D eigenvalue weighted by Crippen LogP contribution is 2.20. The summed E-state index contributed by atoms with van der Waals surface area (Å²) in [5.74, 6) is 0. The predicted octanol–water partition coefficient (Wildman–Crippen LogP) is 1.73. The Morgan fingerprint density at radius 2 is 2.17 bits per heavy atom. The van der Waals surface area contributed by atoms with Crippen LogP contribution in [-0.2, 0) is 17.8 Å². The molecule has 0 saturated carbocycles. The van der Waals surface area contributed by atoms with E-state index in [1.165, 1.54) is 0 Å². The molecule has 0 fully saturated rings. The maximum Gasteiger partial charge on any atom is 0.185 e. The standard InChI is InChI=1S/C9H9NOS/c11-12-9-6-2-1-4-8(9)5-3-7-10-12/h1-2,4,6-7H,3,5H2. The second kappa shape index (κ2) is 3.29. The molecule has 1 aliphatic rings. The Balaban J connectivity index is 2.46. The average molecular weight is 179 g/mol. The molecule has 1 aromatic rings. The third kappa shape index (κ3) is 1.38. The molecule has 0 spiro atoms. The third-order valence-electron chi connectivity index (χ3n) is 1.87. The lowest BCUT2D eigenvalue weighted by molar-refractivity contribution is 0.596. The first-order valence-corrected chi connectivity index (χ1v) is 5.01. The van der Waals surface area contributed by atoms with Gasteiger partial charge in [-0.25, -0.2) is 0 Å². The first-order valence-electron chi connectivity index (χ1n) is 3.90. The van der Waals surface area contributed by atoms with Crippen LogP contribution in [0.5, 0.6) is 0 Å². The smallest absolute Gasteiger partial charge is 0.185 e. The maximum absolute atomic E-state index is 11.4. The highest BCUT2D eigenvalue weighted by molar-refractivity contribution is 7.90. The van der Waals surface area contributed by atoms with E-state index in [1.54, 1.807) is 6.21 Å². The van der Waals surface area contributed by atoms with Gasteiger partial charge in [0.2, 0.25) is 0 Å². The van der Waals surface area contributed by atoms with Crippen LogP contribution in [0.15, 0.2) is 33.6 Å². The summed E-state index contributed by atoms with van der Waals surface area (Å²) in [7, 11) is 0. The zero-order valence-electron chi connectivity index (χ0n) is 6.56. The van der Waals surface area contributed by atoms with Crippen molar-refractivity contribution in [3.63, 3.8) is 0 Å². The van der Waals surface area contributed by atoms with E-state index in [0.29, 0.717) is 0 Å². The van der Waals surface area contributed by atoms with Crippen LogP contribution in [0.4, 0.5) is 0 Å². The van der Waals surface area contributed by atoms with Crippen molar-refractivity contribution in [1.82, 2.24) is 0 Å². The van der Waals surface area contributed by atoms with E-state index >= 15 is 0 Å². The lowest BCUT2D eigenvalue weighted by Crippen LogP contribution is -1.98. The molecule has 0 saturated heterocycles. The molecule has 2 rings (SSSR count). The molecule has 12 heavy (non-hydrogen) atoms. The molecule has 1 heterocycles. The van der Waals surface area contributed by atoms with Crippen LogP contribution in [0, 0.1) is 0 Å². The number of rotatable bonds is 0. The van der Waals surface area contributed by atoms with Crippen molar-refractivity contribution in [3.05, 3.63) is 29.8 Å². The van der Waals surface area contributed by atoms with Gasteiger partial charge in [-0.3, -0.25) is 0 Å². The Morgan fingerprint density at radius 3 is 3.08 bits per heavy atom. The third-order valence-corrected chi connectivity index (χ3v) is 2.99. The molecule has 0 aromatic heterocycles. The monoisotopic (exact) mass is 179 g/mol. The Bertz CT molecular complexity index is 311. The first kappa shape index (κ1) is 7.83. The lowest BCUT2D eigenvalue weighted by atomic mass is 10.1. The van der Waals surface area contributed by atoms with E-state index in [9.17, 15) is 4.55 Å². The van der Waals surface area contributed by atoms with Gasteiger partial charge in [0.25, 0.3) is 0 Å². The van der Waals surface area contributed by atoms with Crippen LogP contribution >= 0.6 is 0 Å². The molecular formula is C9H9NOS. The summed E-state index contributed by atoms with van der Waals surface area (Å²) in [5, 5.41) is 0. The molecule has 0 bridgehead atoms. The van der Waals surface area contributed by atoms with Gasteiger partial charge in [0.05, 0.1) is 6.21 Å². The summed E-state index contributed by atoms with van der Waals surface area (Å²) in [6, 6.07) is 7.77. The van der Waals surface area contributed by atoms with E-state index in [4.69, 9.17) is 0 Å². The molecule has 0 radical (unpaired) electrons. The van der Waals surface area contributed by atoms with E-state index in [2.05, 4.69) is 4.40 Å². The van der Waals surface area contributed by atoms with Crippen molar-refractivity contribution in [2.75, 3.05) is 0 Å². The molecule has 0 N–H and O–H groups in total. The Kier molecular flexibility index (Phi) is 2.15. The minimum Gasteiger partial charge on any atom is -0.586 e. The van der Waals surface area contributed by atoms with Gasteiger partial charge >= 0.3 is 0 Å². The summed E-state index contributed by atoms with van der Waals surface area (Å²) in [4.78, 5) is 0.867. The van der Waals surface area contributed by atoms with Crippen LogP contribution < -0.4 is 0 Å². The van der Waals surface area contributed by atoms with Gasteiger partial charge in [-0.05, 0) is 18.9 Å². The number of aryl methyl sites for hydroxylation is 1. The summed E-state index contributed by atoms with van der Waals surface area (Å²) in [5.41, 5.74) is 1.16. The quantitative estimate of drug-likeness (QED) is 0.558. The molecule has 1 atom stereocenters. The molecule has 3 heteroatoms. The van der Waals surface area contributed by atoms with Crippen molar-refractivity contribution in [1.29, 1.82) is 0 Å². The number of hydrogen-bond acceptors (Lipinski definition) is 2. The van der Waals surface area contributed by atoms with Crippen molar-refractivity contribution in [3.8, 4) is 0 Å². The van der Waals surface area contributed by atoms with Crippen molar-refractivity contribution >= 4 is 17.6 Å². The van der Waals surface area contributed by atoms with E-state index in [0.717, 1.165) is 23.3 Å². The number of benzene rings is 1.